The van der Waals surface area contributed by atoms with Gasteiger partial charge in [-0.05, 0) is 23.8 Å². The Morgan fingerprint density at radius 3 is 2.48 bits per heavy atom. The summed E-state index contributed by atoms with van der Waals surface area (Å²) in [5.41, 5.74) is 0.245. The van der Waals surface area contributed by atoms with E-state index in [4.69, 9.17) is 23.2 Å². The molecule has 0 unspecified atom stereocenters. The summed E-state index contributed by atoms with van der Waals surface area (Å²) in [6.07, 6.45) is -4.61. The number of nitrogens with one attached hydrogen (secondary N) is 3. The van der Waals surface area contributed by atoms with Crippen LogP contribution in [-0.4, -0.2) is 28.7 Å². The van der Waals surface area contributed by atoms with Crippen molar-refractivity contribution in [2.24, 2.45) is 5.41 Å². The number of aromatic amines is 1. The first-order valence-electron chi connectivity index (χ1n) is 9.66. The van der Waals surface area contributed by atoms with E-state index in [-0.39, 0.29) is 45.2 Å². The lowest BCUT2D eigenvalue weighted by atomic mass is 9.95. The summed E-state index contributed by atoms with van der Waals surface area (Å²) in [5, 5.41) is 6.10. The molecule has 0 bridgehead atoms. The van der Waals surface area contributed by atoms with Crippen molar-refractivity contribution in [3.05, 3.63) is 45.7 Å². The summed E-state index contributed by atoms with van der Waals surface area (Å²) in [6, 6.07) is 5.63. The largest absolute Gasteiger partial charge is 0.481 e. The molecule has 0 atom stereocenters. The maximum atomic E-state index is 14.6. The van der Waals surface area contributed by atoms with Crippen LogP contribution in [0.5, 0.6) is 5.75 Å². The maximum absolute atomic E-state index is 14.6. The number of alkyl halides is 3. The summed E-state index contributed by atoms with van der Waals surface area (Å²) in [5.74, 6) is -1.74. The van der Waals surface area contributed by atoms with Crippen molar-refractivity contribution in [2.75, 3.05) is 11.9 Å². The highest BCUT2D eigenvalue weighted by molar-refractivity contribution is 6.39. The van der Waals surface area contributed by atoms with Crippen molar-refractivity contribution in [2.45, 2.75) is 33.5 Å². The van der Waals surface area contributed by atoms with Gasteiger partial charge in [0.15, 0.2) is 18.2 Å². The Balaban J connectivity index is 1.84. The topological polar surface area (TPSA) is 79.0 Å². The van der Waals surface area contributed by atoms with E-state index in [0.717, 1.165) is 6.07 Å². The van der Waals surface area contributed by atoms with Gasteiger partial charge in [0.25, 0.3) is 0 Å². The Hall–Kier alpha value is -2.72. The molecule has 1 amide bonds. The van der Waals surface area contributed by atoms with Crippen LogP contribution in [0, 0.1) is 11.2 Å². The highest BCUT2D eigenvalue weighted by atomic mass is 35.5. The molecular formula is C21H20Cl2F4N4O2. The lowest BCUT2D eigenvalue weighted by Crippen LogP contribution is -2.34. The van der Waals surface area contributed by atoms with Gasteiger partial charge in [-0.3, -0.25) is 4.79 Å². The Kier molecular flexibility index (Phi) is 6.99. The Morgan fingerprint density at radius 1 is 1.15 bits per heavy atom. The second-order valence-electron chi connectivity index (χ2n) is 8.22. The molecule has 3 rings (SSSR count). The van der Waals surface area contributed by atoms with Gasteiger partial charge in [0.1, 0.15) is 5.52 Å². The second-order valence-corrected chi connectivity index (χ2v) is 9.00. The molecule has 0 spiro atoms. The van der Waals surface area contributed by atoms with Gasteiger partial charge in [-0.15, -0.1) is 0 Å². The van der Waals surface area contributed by atoms with Crippen LogP contribution in [0.3, 0.4) is 0 Å². The molecule has 12 heteroatoms. The third-order valence-electron chi connectivity index (χ3n) is 4.48. The predicted molar refractivity (Wildman–Crippen MR) is 119 cm³/mol. The number of rotatable bonds is 6. The van der Waals surface area contributed by atoms with Crippen LogP contribution in [0.2, 0.25) is 10.0 Å². The number of aromatic nitrogens is 2. The van der Waals surface area contributed by atoms with E-state index in [1.54, 1.807) is 32.9 Å². The number of imidazole rings is 1. The molecule has 6 nitrogen and oxygen atoms in total. The number of benzene rings is 2. The Labute approximate surface area is 196 Å². The number of halogens is 6. The van der Waals surface area contributed by atoms with Crippen LogP contribution in [0.4, 0.5) is 29.2 Å². The molecule has 0 saturated heterocycles. The zero-order chi connectivity index (χ0) is 24.6. The van der Waals surface area contributed by atoms with Gasteiger partial charge in [-0.25, -0.2) is 9.37 Å². The normalized spacial score (nSPS) is 12.2. The zero-order valence-corrected chi connectivity index (χ0v) is 19.3. The molecule has 0 radical (unpaired) electrons. The highest BCUT2D eigenvalue weighted by Crippen LogP contribution is 2.36. The second kappa shape index (κ2) is 9.26. The van der Waals surface area contributed by atoms with E-state index < -0.39 is 29.8 Å². The van der Waals surface area contributed by atoms with E-state index in [2.05, 4.69) is 25.3 Å². The fourth-order valence-electron chi connectivity index (χ4n) is 2.76. The van der Waals surface area contributed by atoms with Gasteiger partial charge in [0.2, 0.25) is 11.9 Å². The average molecular weight is 507 g/mol. The average Bonchev–Trinajstić information content (AvgIpc) is 3.12. The van der Waals surface area contributed by atoms with Gasteiger partial charge in [-0.2, -0.15) is 13.2 Å². The number of carbonyl (C=O) groups is 1. The molecule has 178 valence electrons. The SMILES string of the molecule is CC(C)(C)C(=O)NCc1ccc(Cl)c(Nc2nc3c(F)c(OCC(F)(F)F)ccc3[nH]2)c1Cl. The first kappa shape index (κ1) is 24.9. The summed E-state index contributed by atoms with van der Waals surface area (Å²) in [4.78, 5) is 19.0. The van der Waals surface area contributed by atoms with E-state index in [1.807, 2.05) is 0 Å². The van der Waals surface area contributed by atoms with Crippen LogP contribution in [-0.2, 0) is 11.3 Å². The van der Waals surface area contributed by atoms with Crippen LogP contribution in [0.25, 0.3) is 11.0 Å². The van der Waals surface area contributed by atoms with Crippen LogP contribution < -0.4 is 15.4 Å². The van der Waals surface area contributed by atoms with E-state index in [1.165, 1.54) is 6.07 Å². The fraction of sp³-hybridized carbons (Fsp3) is 0.333. The molecule has 3 N–H and O–H groups in total. The smallest absolute Gasteiger partial charge is 0.422 e. The van der Waals surface area contributed by atoms with Gasteiger partial charge in [-0.1, -0.05) is 50.0 Å². The van der Waals surface area contributed by atoms with E-state index in [0.29, 0.717) is 5.56 Å². The molecule has 0 saturated carbocycles. The monoisotopic (exact) mass is 506 g/mol. The lowest BCUT2D eigenvalue weighted by Gasteiger charge is -2.19. The molecule has 0 aliphatic heterocycles. The molecule has 0 aliphatic carbocycles. The third kappa shape index (κ3) is 6.00. The summed E-state index contributed by atoms with van der Waals surface area (Å²) in [7, 11) is 0. The summed E-state index contributed by atoms with van der Waals surface area (Å²) >= 11 is 12.7. The first-order valence-corrected chi connectivity index (χ1v) is 10.4. The molecule has 3 aromatic rings. The first-order chi connectivity index (χ1) is 15.3. The van der Waals surface area contributed by atoms with Gasteiger partial charge in [0, 0.05) is 12.0 Å². The van der Waals surface area contributed by atoms with Crippen molar-refractivity contribution in [1.29, 1.82) is 0 Å². The highest BCUT2D eigenvalue weighted by Gasteiger charge is 2.29. The van der Waals surface area contributed by atoms with Gasteiger partial charge >= 0.3 is 6.18 Å². The number of ether oxygens (including phenoxy) is 1. The number of hydrogen-bond acceptors (Lipinski definition) is 4. The van der Waals surface area contributed by atoms with Crippen molar-refractivity contribution >= 4 is 51.8 Å². The molecule has 1 heterocycles. The molecule has 1 aromatic heterocycles. The Bertz CT molecular complexity index is 1190. The lowest BCUT2D eigenvalue weighted by molar-refractivity contribution is -0.153. The third-order valence-corrected chi connectivity index (χ3v) is 5.23. The van der Waals surface area contributed by atoms with Crippen molar-refractivity contribution in [3.63, 3.8) is 0 Å². The zero-order valence-electron chi connectivity index (χ0n) is 17.8. The van der Waals surface area contributed by atoms with Crippen molar-refractivity contribution in [3.8, 4) is 5.75 Å². The molecule has 33 heavy (non-hydrogen) atoms. The molecule has 0 fully saturated rings. The minimum absolute atomic E-state index is 0.0524. The van der Waals surface area contributed by atoms with E-state index in [9.17, 15) is 22.4 Å². The van der Waals surface area contributed by atoms with Crippen LogP contribution in [0.15, 0.2) is 24.3 Å². The number of amides is 1. The number of H-pyrrole nitrogens is 1. The van der Waals surface area contributed by atoms with Gasteiger partial charge in [0.05, 0.1) is 21.2 Å². The van der Waals surface area contributed by atoms with Crippen molar-refractivity contribution < 1.29 is 27.1 Å². The van der Waals surface area contributed by atoms with Crippen molar-refractivity contribution in [1.82, 2.24) is 15.3 Å². The number of carbonyl (C=O) groups excluding carboxylic acids is 1. The van der Waals surface area contributed by atoms with Crippen LogP contribution in [0.1, 0.15) is 26.3 Å². The number of nitrogens with zero attached hydrogens (tertiary/aromatic N) is 1. The molecule has 0 aliphatic rings. The van der Waals surface area contributed by atoms with Crippen LogP contribution >= 0.6 is 23.2 Å². The Morgan fingerprint density at radius 2 is 1.85 bits per heavy atom. The summed E-state index contributed by atoms with van der Waals surface area (Å²) in [6.45, 7) is 3.85. The van der Waals surface area contributed by atoms with E-state index >= 15 is 0 Å². The minimum atomic E-state index is -4.61. The summed E-state index contributed by atoms with van der Waals surface area (Å²) < 4.78 is 56.2. The molecular weight excluding hydrogens is 487 g/mol. The van der Waals surface area contributed by atoms with Gasteiger partial charge < -0.3 is 20.4 Å². The minimum Gasteiger partial charge on any atom is -0.481 e. The number of hydrogen-bond donors (Lipinski definition) is 3. The fourth-order valence-corrected chi connectivity index (χ4v) is 3.29. The standard InChI is InChI=1S/C21H20Cl2F4N4O2/c1-20(2,3)18(32)28-8-10-4-5-11(22)16(14(10)23)30-19-29-12-6-7-13(15(24)17(12)31-19)33-9-21(25,26)27/h4-7H,8-9H2,1-3H3,(H,28,32)(H2,29,30,31). The molecule has 2 aromatic carbocycles. The maximum Gasteiger partial charge on any atom is 0.422 e. The number of anilines is 2. The predicted octanol–water partition coefficient (Wildman–Crippen LogP) is 6.36. The quantitative estimate of drug-likeness (QED) is 0.340. The number of fused-ring (bicyclic) bond motifs is 1.